The van der Waals surface area contributed by atoms with Gasteiger partial charge < -0.3 is 4.74 Å². The molecular weight excluding hydrogens is 252 g/mol. The maximum Gasteiger partial charge on any atom is 0.318 e. The van der Waals surface area contributed by atoms with Crippen molar-refractivity contribution in [1.82, 2.24) is 19.6 Å². The molecular formula is C11H14N4O2S. The Balaban J connectivity index is 2.31. The van der Waals surface area contributed by atoms with E-state index in [0.29, 0.717) is 10.9 Å². The van der Waals surface area contributed by atoms with Crippen molar-refractivity contribution in [3.8, 4) is 0 Å². The summed E-state index contributed by atoms with van der Waals surface area (Å²) in [4.78, 5) is 19.9. The molecule has 18 heavy (non-hydrogen) atoms. The summed E-state index contributed by atoms with van der Waals surface area (Å²) in [5.41, 5.74) is 1.85. The van der Waals surface area contributed by atoms with Gasteiger partial charge in [0.2, 0.25) is 5.16 Å². The van der Waals surface area contributed by atoms with E-state index in [4.69, 9.17) is 0 Å². The first-order valence-electron chi connectivity index (χ1n) is 5.46. The molecule has 96 valence electrons. The van der Waals surface area contributed by atoms with Crippen molar-refractivity contribution in [2.45, 2.75) is 31.2 Å². The maximum absolute atomic E-state index is 11.3. The topological polar surface area (TPSA) is 69.4 Å². The molecule has 0 aliphatic carbocycles. The number of methoxy groups -OCH3 is 1. The van der Waals surface area contributed by atoms with E-state index in [1.165, 1.54) is 18.9 Å². The first kappa shape index (κ1) is 12.8. The molecule has 1 atom stereocenters. The zero-order valence-electron chi connectivity index (χ0n) is 10.7. The number of ether oxygens (including phenoxy) is 1. The van der Waals surface area contributed by atoms with E-state index in [9.17, 15) is 4.79 Å². The third-order valence-electron chi connectivity index (χ3n) is 2.41. The van der Waals surface area contributed by atoms with Crippen LogP contribution in [0.25, 0.3) is 5.78 Å². The number of thioether (sulfide) groups is 1. The van der Waals surface area contributed by atoms with Crippen LogP contribution in [0, 0.1) is 13.8 Å². The van der Waals surface area contributed by atoms with Gasteiger partial charge in [-0.2, -0.15) is 4.98 Å². The normalized spacial score (nSPS) is 12.7. The highest BCUT2D eigenvalue weighted by Crippen LogP contribution is 2.21. The number of nitrogens with zero attached hydrogens (tertiary/aromatic N) is 4. The monoisotopic (exact) mass is 266 g/mol. The van der Waals surface area contributed by atoms with Crippen LogP contribution in [0.5, 0.6) is 0 Å². The number of esters is 1. The van der Waals surface area contributed by atoms with Gasteiger partial charge in [-0.1, -0.05) is 11.8 Å². The minimum atomic E-state index is -0.339. The average molecular weight is 266 g/mol. The van der Waals surface area contributed by atoms with Crippen LogP contribution in [0.2, 0.25) is 0 Å². The summed E-state index contributed by atoms with van der Waals surface area (Å²) in [6.07, 6.45) is 0. The maximum atomic E-state index is 11.3. The lowest BCUT2D eigenvalue weighted by Crippen LogP contribution is -2.14. The lowest BCUT2D eigenvalue weighted by molar-refractivity contribution is -0.139. The van der Waals surface area contributed by atoms with Gasteiger partial charge in [0.1, 0.15) is 5.25 Å². The molecule has 0 spiro atoms. The summed E-state index contributed by atoms with van der Waals surface area (Å²) in [7, 11) is 1.37. The van der Waals surface area contributed by atoms with Crippen molar-refractivity contribution >= 4 is 23.5 Å². The Morgan fingerprint density at radius 1 is 1.44 bits per heavy atom. The van der Waals surface area contributed by atoms with Crippen molar-refractivity contribution in [2.75, 3.05) is 7.11 Å². The highest BCUT2D eigenvalue weighted by atomic mass is 32.2. The minimum absolute atomic E-state index is 0.292. The van der Waals surface area contributed by atoms with Gasteiger partial charge in [-0.25, -0.2) is 9.50 Å². The number of aryl methyl sites for hydroxylation is 2. The van der Waals surface area contributed by atoms with Crippen LogP contribution in [0.4, 0.5) is 0 Å². The first-order valence-corrected chi connectivity index (χ1v) is 6.34. The molecule has 2 aromatic heterocycles. The molecule has 1 unspecified atom stereocenters. The highest BCUT2D eigenvalue weighted by molar-refractivity contribution is 8.00. The fraction of sp³-hybridized carbons (Fsp3) is 0.455. The molecule has 2 heterocycles. The molecule has 0 fully saturated rings. The van der Waals surface area contributed by atoms with Crippen LogP contribution in [-0.2, 0) is 9.53 Å². The smallest absolute Gasteiger partial charge is 0.318 e. The largest absolute Gasteiger partial charge is 0.468 e. The van der Waals surface area contributed by atoms with Gasteiger partial charge in [0.05, 0.1) is 7.11 Å². The molecule has 0 aromatic carbocycles. The Kier molecular flexibility index (Phi) is 3.51. The first-order chi connectivity index (χ1) is 8.51. The fourth-order valence-electron chi connectivity index (χ4n) is 1.57. The lowest BCUT2D eigenvalue weighted by Gasteiger charge is -2.04. The van der Waals surface area contributed by atoms with E-state index in [0.717, 1.165) is 11.4 Å². The second-order valence-electron chi connectivity index (χ2n) is 3.93. The zero-order valence-corrected chi connectivity index (χ0v) is 11.5. The number of carbonyl (C=O) groups excluding carboxylic acids is 1. The van der Waals surface area contributed by atoms with E-state index in [-0.39, 0.29) is 11.2 Å². The van der Waals surface area contributed by atoms with E-state index in [1.807, 2.05) is 19.9 Å². The van der Waals surface area contributed by atoms with Gasteiger partial charge in [-0.15, -0.1) is 5.10 Å². The van der Waals surface area contributed by atoms with Gasteiger partial charge >= 0.3 is 5.97 Å². The van der Waals surface area contributed by atoms with Crippen molar-refractivity contribution in [3.63, 3.8) is 0 Å². The predicted molar refractivity (Wildman–Crippen MR) is 67.6 cm³/mol. The van der Waals surface area contributed by atoms with Gasteiger partial charge in [0, 0.05) is 11.4 Å². The summed E-state index contributed by atoms with van der Waals surface area (Å²) in [6, 6.07) is 1.93. The molecule has 0 N–H and O–H groups in total. The SMILES string of the molecule is COC(=O)C(C)Sc1nc2nc(C)cc(C)n2n1. The van der Waals surface area contributed by atoms with Gasteiger partial charge in [-0.3, -0.25) is 4.79 Å². The molecule has 2 aromatic rings. The van der Waals surface area contributed by atoms with E-state index in [1.54, 1.807) is 11.4 Å². The summed E-state index contributed by atoms with van der Waals surface area (Å²) in [5.74, 6) is 0.256. The summed E-state index contributed by atoms with van der Waals surface area (Å²) < 4.78 is 6.33. The van der Waals surface area contributed by atoms with Crippen molar-refractivity contribution in [1.29, 1.82) is 0 Å². The Hall–Kier alpha value is -1.63. The summed E-state index contributed by atoms with van der Waals surface area (Å²) in [5, 5.41) is 4.49. The molecule has 0 radical (unpaired) electrons. The van der Waals surface area contributed by atoms with Crippen molar-refractivity contribution < 1.29 is 9.53 Å². The summed E-state index contributed by atoms with van der Waals surface area (Å²) in [6.45, 7) is 5.61. The Labute approximate surface area is 109 Å². The van der Waals surface area contributed by atoms with Crippen LogP contribution in [0.3, 0.4) is 0 Å². The Bertz CT molecular complexity index is 596. The molecule has 7 heteroatoms. The number of hydrogen-bond donors (Lipinski definition) is 0. The minimum Gasteiger partial charge on any atom is -0.468 e. The second kappa shape index (κ2) is 4.93. The molecule has 2 rings (SSSR count). The van der Waals surface area contributed by atoms with E-state index >= 15 is 0 Å². The van der Waals surface area contributed by atoms with Crippen LogP contribution >= 0.6 is 11.8 Å². The quantitative estimate of drug-likeness (QED) is 0.617. The Morgan fingerprint density at radius 3 is 2.83 bits per heavy atom. The van der Waals surface area contributed by atoms with Crippen LogP contribution in [0.15, 0.2) is 11.2 Å². The van der Waals surface area contributed by atoms with Crippen molar-refractivity contribution in [2.24, 2.45) is 0 Å². The van der Waals surface area contributed by atoms with E-state index < -0.39 is 0 Å². The highest BCUT2D eigenvalue weighted by Gasteiger charge is 2.18. The van der Waals surface area contributed by atoms with Crippen LogP contribution < -0.4 is 0 Å². The Morgan fingerprint density at radius 2 is 2.17 bits per heavy atom. The molecule has 0 saturated carbocycles. The number of fused-ring (bicyclic) bond motifs is 1. The number of rotatable bonds is 3. The third kappa shape index (κ3) is 2.45. The van der Waals surface area contributed by atoms with Crippen LogP contribution in [0.1, 0.15) is 18.3 Å². The molecule has 6 nitrogen and oxygen atoms in total. The number of carbonyl (C=O) groups is 1. The number of hydrogen-bond acceptors (Lipinski definition) is 6. The molecule has 0 bridgehead atoms. The molecule has 0 aliphatic rings. The average Bonchev–Trinajstić information content (AvgIpc) is 2.70. The number of aromatic nitrogens is 4. The van der Waals surface area contributed by atoms with Crippen molar-refractivity contribution in [3.05, 3.63) is 17.5 Å². The lowest BCUT2D eigenvalue weighted by atomic mass is 10.4. The fourth-order valence-corrected chi connectivity index (χ4v) is 2.34. The molecule has 0 amide bonds. The van der Waals surface area contributed by atoms with E-state index in [2.05, 4.69) is 19.8 Å². The van der Waals surface area contributed by atoms with Gasteiger partial charge in [0.15, 0.2) is 0 Å². The van der Waals surface area contributed by atoms with Crippen LogP contribution in [-0.4, -0.2) is 37.9 Å². The molecule has 0 aliphatic heterocycles. The zero-order chi connectivity index (χ0) is 13.3. The predicted octanol–water partition coefficient (Wildman–Crippen LogP) is 1.39. The van der Waals surface area contributed by atoms with Gasteiger partial charge in [0.25, 0.3) is 5.78 Å². The van der Waals surface area contributed by atoms with Gasteiger partial charge in [-0.05, 0) is 26.8 Å². The molecule has 0 saturated heterocycles. The second-order valence-corrected chi connectivity index (χ2v) is 5.24. The third-order valence-corrected chi connectivity index (χ3v) is 3.34. The standard InChI is InChI=1S/C11H14N4O2S/c1-6-5-7(2)15-10(12-6)13-11(14-15)18-8(3)9(16)17-4/h5,8H,1-4H3. The summed E-state index contributed by atoms with van der Waals surface area (Å²) >= 11 is 1.26.